The number of thioether (sulfide) groups is 1. The average molecular weight is 591 g/mol. The summed E-state index contributed by atoms with van der Waals surface area (Å²) in [7, 11) is 1.52. The predicted molar refractivity (Wildman–Crippen MR) is 138 cm³/mol. The van der Waals surface area contributed by atoms with Crippen LogP contribution in [0, 0.1) is 0 Å². The molecule has 0 aromatic heterocycles. The number of amides is 1. The van der Waals surface area contributed by atoms with Crippen molar-refractivity contribution in [1.29, 1.82) is 0 Å². The summed E-state index contributed by atoms with van der Waals surface area (Å²) >= 11 is 22.4. The Morgan fingerprint density at radius 3 is 2.64 bits per heavy atom. The second-order valence-electron chi connectivity index (χ2n) is 6.85. The first-order valence-electron chi connectivity index (χ1n) is 9.61. The van der Waals surface area contributed by atoms with Gasteiger partial charge in [0.25, 0.3) is 5.91 Å². The van der Waals surface area contributed by atoms with E-state index in [-0.39, 0.29) is 25.5 Å². The third-order valence-electron chi connectivity index (χ3n) is 4.62. The fourth-order valence-corrected chi connectivity index (χ4v) is 5.40. The van der Waals surface area contributed by atoms with E-state index in [1.165, 1.54) is 23.8 Å². The Balaban J connectivity index is 1.79. The topological polar surface area (TPSA) is 76.1 Å². The molecule has 2 aromatic rings. The Morgan fingerprint density at radius 1 is 1.30 bits per heavy atom. The number of halogens is 3. The smallest absolute Gasteiger partial charge is 0.303 e. The number of rotatable bonds is 9. The van der Waals surface area contributed by atoms with Gasteiger partial charge >= 0.3 is 5.97 Å². The molecule has 0 bridgehead atoms. The Labute approximate surface area is 219 Å². The van der Waals surface area contributed by atoms with Gasteiger partial charge in [-0.1, -0.05) is 53.2 Å². The number of carboxylic acids is 1. The highest BCUT2D eigenvalue weighted by molar-refractivity contribution is 9.10. The zero-order valence-corrected chi connectivity index (χ0v) is 22.0. The van der Waals surface area contributed by atoms with Gasteiger partial charge in [-0.3, -0.25) is 14.5 Å². The van der Waals surface area contributed by atoms with Crippen molar-refractivity contribution in [2.45, 2.75) is 19.4 Å². The van der Waals surface area contributed by atoms with Gasteiger partial charge in [0.1, 0.15) is 10.9 Å². The van der Waals surface area contributed by atoms with E-state index in [2.05, 4.69) is 15.9 Å². The van der Waals surface area contributed by atoms with Crippen molar-refractivity contribution >= 4 is 85.4 Å². The highest BCUT2D eigenvalue weighted by Crippen LogP contribution is 2.40. The van der Waals surface area contributed by atoms with E-state index in [1.807, 2.05) is 0 Å². The number of carbonyl (C=O) groups is 2. The van der Waals surface area contributed by atoms with Gasteiger partial charge in [-0.2, -0.15) is 0 Å². The summed E-state index contributed by atoms with van der Waals surface area (Å²) in [4.78, 5) is 25.3. The van der Waals surface area contributed by atoms with E-state index < -0.39 is 5.97 Å². The van der Waals surface area contributed by atoms with Crippen LogP contribution in [-0.4, -0.2) is 39.9 Å². The van der Waals surface area contributed by atoms with Crippen molar-refractivity contribution in [2.75, 3.05) is 13.7 Å². The standard InChI is InChI=1S/C22H18BrCl2NO5S2/c1-30-17-9-12(10-18-21(29)26(22(32)33-18)7-3-6-19(27)28)8-14(23)20(17)31-11-13-15(24)4-2-5-16(13)25/h2,4-5,8-10H,3,6-7,11H2,1H3,(H,27,28)/b18-10-. The van der Waals surface area contributed by atoms with Gasteiger partial charge in [-0.05, 0) is 58.3 Å². The van der Waals surface area contributed by atoms with Crippen LogP contribution in [0.5, 0.6) is 11.5 Å². The fraction of sp³-hybridized carbons (Fsp3) is 0.227. The molecule has 0 spiro atoms. The number of carbonyl (C=O) groups excluding carboxylic acids is 1. The van der Waals surface area contributed by atoms with Crippen LogP contribution in [0.2, 0.25) is 10.0 Å². The number of aliphatic carboxylic acids is 1. The van der Waals surface area contributed by atoms with Crippen LogP contribution in [0.1, 0.15) is 24.0 Å². The van der Waals surface area contributed by atoms with E-state index in [0.717, 1.165) is 0 Å². The largest absolute Gasteiger partial charge is 0.493 e. The first-order valence-corrected chi connectivity index (χ1v) is 12.4. The second-order valence-corrected chi connectivity index (χ2v) is 10.2. The molecule has 1 N–H and O–H groups in total. The van der Waals surface area contributed by atoms with Crippen molar-refractivity contribution in [3.05, 3.63) is 60.9 Å². The van der Waals surface area contributed by atoms with Crippen LogP contribution in [0.25, 0.3) is 6.08 Å². The van der Waals surface area contributed by atoms with Crippen molar-refractivity contribution in [3.8, 4) is 11.5 Å². The molecule has 2 aromatic carbocycles. The zero-order valence-electron chi connectivity index (χ0n) is 17.3. The Morgan fingerprint density at radius 2 is 2.00 bits per heavy atom. The number of hydrogen-bond acceptors (Lipinski definition) is 6. The molecule has 1 aliphatic heterocycles. The number of carboxylic acid groups (broad SMARTS) is 1. The second kappa shape index (κ2) is 11.6. The maximum atomic E-state index is 12.7. The van der Waals surface area contributed by atoms with Gasteiger partial charge < -0.3 is 14.6 Å². The first kappa shape index (κ1) is 25.8. The first-order chi connectivity index (χ1) is 15.7. The zero-order chi connectivity index (χ0) is 24.1. The van der Waals surface area contributed by atoms with Crippen molar-refractivity contribution in [1.82, 2.24) is 4.90 Å². The summed E-state index contributed by atoms with van der Waals surface area (Å²) in [6.07, 6.45) is 2.01. The van der Waals surface area contributed by atoms with Crippen molar-refractivity contribution in [2.24, 2.45) is 0 Å². The monoisotopic (exact) mass is 589 g/mol. The minimum Gasteiger partial charge on any atom is -0.493 e. The van der Waals surface area contributed by atoms with E-state index in [0.29, 0.717) is 52.8 Å². The molecule has 6 nitrogen and oxygen atoms in total. The highest BCUT2D eigenvalue weighted by atomic mass is 79.9. The molecule has 1 saturated heterocycles. The molecule has 1 aliphatic rings. The highest BCUT2D eigenvalue weighted by Gasteiger charge is 2.31. The van der Waals surface area contributed by atoms with Crippen LogP contribution < -0.4 is 9.47 Å². The summed E-state index contributed by atoms with van der Waals surface area (Å²) in [5.41, 5.74) is 1.36. The minimum absolute atomic E-state index is 0.0267. The normalized spacial score (nSPS) is 14.8. The molecule has 11 heteroatoms. The lowest BCUT2D eigenvalue weighted by Gasteiger charge is -2.15. The summed E-state index contributed by atoms with van der Waals surface area (Å²) in [5, 5.41) is 9.80. The Bertz CT molecular complexity index is 1120. The molecule has 1 amide bonds. The molecule has 1 heterocycles. The van der Waals surface area contributed by atoms with Gasteiger partial charge in [0, 0.05) is 28.6 Å². The van der Waals surface area contributed by atoms with E-state index in [1.54, 1.807) is 36.4 Å². The van der Waals surface area contributed by atoms with Crippen LogP contribution >= 0.6 is 63.1 Å². The SMILES string of the molecule is COc1cc(/C=C2\SC(=S)N(CCCC(=O)O)C2=O)cc(Br)c1OCc1c(Cl)cccc1Cl. The van der Waals surface area contributed by atoms with Gasteiger partial charge in [0.15, 0.2) is 11.5 Å². The number of methoxy groups -OCH3 is 1. The lowest BCUT2D eigenvalue weighted by Crippen LogP contribution is -2.29. The van der Waals surface area contributed by atoms with Crippen LogP contribution in [0.4, 0.5) is 0 Å². The molecule has 3 rings (SSSR count). The van der Waals surface area contributed by atoms with Crippen molar-refractivity contribution in [3.63, 3.8) is 0 Å². The van der Waals surface area contributed by atoms with Gasteiger partial charge in [-0.25, -0.2) is 0 Å². The molecule has 0 radical (unpaired) electrons. The number of thiocarbonyl (C=S) groups is 1. The molecule has 0 saturated carbocycles. The van der Waals surface area contributed by atoms with Gasteiger partial charge in [0.05, 0.1) is 16.5 Å². The summed E-state index contributed by atoms with van der Waals surface area (Å²) in [5.74, 6) is -0.242. The summed E-state index contributed by atoms with van der Waals surface area (Å²) in [6, 6.07) is 8.77. The van der Waals surface area contributed by atoms with Crippen LogP contribution in [0.15, 0.2) is 39.7 Å². The molecule has 1 fully saturated rings. The molecular formula is C22H18BrCl2NO5S2. The molecule has 33 heavy (non-hydrogen) atoms. The van der Waals surface area contributed by atoms with Gasteiger partial charge in [-0.15, -0.1) is 0 Å². The lowest BCUT2D eigenvalue weighted by molar-refractivity contribution is -0.137. The Kier molecular flexibility index (Phi) is 9.06. The predicted octanol–water partition coefficient (Wildman–Crippen LogP) is 6.41. The summed E-state index contributed by atoms with van der Waals surface area (Å²) in [6.45, 7) is 0.403. The quantitative estimate of drug-likeness (QED) is 0.267. The van der Waals surface area contributed by atoms with Crippen LogP contribution in [-0.2, 0) is 16.2 Å². The van der Waals surface area contributed by atoms with E-state index in [4.69, 9.17) is 50.0 Å². The summed E-state index contributed by atoms with van der Waals surface area (Å²) < 4.78 is 12.5. The Hall–Kier alpha value is -1.78. The average Bonchev–Trinajstić information content (AvgIpc) is 3.01. The lowest BCUT2D eigenvalue weighted by atomic mass is 10.1. The number of ether oxygens (including phenoxy) is 2. The van der Waals surface area contributed by atoms with Crippen LogP contribution in [0.3, 0.4) is 0 Å². The molecule has 0 atom stereocenters. The number of nitrogens with zero attached hydrogens (tertiary/aromatic N) is 1. The minimum atomic E-state index is -0.910. The number of benzene rings is 2. The van der Waals surface area contributed by atoms with E-state index >= 15 is 0 Å². The third-order valence-corrected chi connectivity index (χ3v) is 7.29. The molecule has 174 valence electrons. The number of hydrogen-bond donors (Lipinski definition) is 1. The maximum Gasteiger partial charge on any atom is 0.303 e. The fourth-order valence-electron chi connectivity index (χ4n) is 3.01. The van der Waals surface area contributed by atoms with Crippen molar-refractivity contribution < 1.29 is 24.2 Å². The molecule has 0 unspecified atom stereocenters. The third kappa shape index (κ3) is 6.42. The van der Waals surface area contributed by atoms with E-state index in [9.17, 15) is 9.59 Å². The maximum absolute atomic E-state index is 12.7. The van der Waals surface area contributed by atoms with Gasteiger partial charge in [0.2, 0.25) is 0 Å². The molecular weight excluding hydrogens is 573 g/mol. The molecule has 0 aliphatic carbocycles.